The van der Waals surface area contributed by atoms with Gasteiger partial charge >= 0.3 is 0 Å². The number of rotatable bonds is 6. The summed E-state index contributed by atoms with van der Waals surface area (Å²) in [4.78, 5) is 15.5. The molecule has 3 aromatic carbocycles. The molecule has 36 heavy (non-hydrogen) atoms. The van der Waals surface area contributed by atoms with Gasteiger partial charge in [-0.2, -0.15) is 0 Å². The SMILES string of the molecule is COc1ccc(/C=C2\C=C(c3ccc(Cl)cc3)N(c3ccc(C4CCCCC4)cc3)C2=O)cc1OC. The number of ether oxygens (including phenoxy) is 2. The Kier molecular flexibility index (Phi) is 7.15. The second kappa shape index (κ2) is 10.6. The predicted octanol–water partition coefficient (Wildman–Crippen LogP) is 7.88. The van der Waals surface area contributed by atoms with Gasteiger partial charge in [0.2, 0.25) is 0 Å². The first kappa shape index (κ1) is 24.2. The van der Waals surface area contributed by atoms with Crippen molar-refractivity contribution in [3.05, 3.63) is 100 Å². The fraction of sp³-hybridized carbons (Fsp3) is 0.258. The molecule has 0 saturated heterocycles. The molecule has 1 saturated carbocycles. The summed E-state index contributed by atoms with van der Waals surface area (Å²) in [6.45, 7) is 0. The van der Waals surface area contributed by atoms with E-state index >= 15 is 0 Å². The quantitative estimate of drug-likeness (QED) is 0.324. The van der Waals surface area contributed by atoms with Crippen molar-refractivity contribution in [2.75, 3.05) is 19.1 Å². The lowest BCUT2D eigenvalue weighted by Crippen LogP contribution is -2.25. The van der Waals surface area contributed by atoms with Gasteiger partial charge in [0.15, 0.2) is 11.5 Å². The van der Waals surface area contributed by atoms with Crippen molar-refractivity contribution >= 4 is 35.0 Å². The average Bonchev–Trinajstić information content (AvgIpc) is 3.25. The summed E-state index contributed by atoms with van der Waals surface area (Å²) in [6.07, 6.45) is 10.2. The van der Waals surface area contributed by atoms with Crippen LogP contribution >= 0.6 is 11.6 Å². The molecule has 184 valence electrons. The van der Waals surface area contributed by atoms with E-state index in [1.54, 1.807) is 19.1 Å². The highest BCUT2D eigenvalue weighted by Crippen LogP contribution is 2.38. The third kappa shape index (κ3) is 4.91. The van der Waals surface area contributed by atoms with Crippen LogP contribution in [0, 0.1) is 0 Å². The maximum Gasteiger partial charge on any atom is 0.262 e. The molecule has 1 aliphatic carbocycles. The molecule has 0 N–H and O–H groups in total. The van der Waals surface area contributed by atoms with Crippen molar-refractivity contribution in [3.8, 4) is 11.5 Å². The summed E-state index contributed by atoms with van der Waals surface area (Å²) in [5, 5.41) is 0.660. The summed E-state index contributed by atoms with van der Waals surface area (Å²) in [5.41, 5.74) is 5.44. The van der Waals surface area contributed by atoms with Crippen LogP contribution in [0.4, 0.5) is 5.69 Å². The molecule has 1 fully saturated rings. The molecule has 0 unspecified atom stereocenters. The number of amides is 1. The fourth-order valence-corrected chi connectivity index (χ4v) is 5.28. The van der Waals surface area contributed by atoms with Crippen LogP contribution in [0.2, 0.25) is 5.02 Å². The van der Waals surface area contributed by atoms with E-state index in [2.05, 4.69) is 24.3 Å². The molecule has 0 bridgehead atoms. The lowest BCUT2D eigenvalue weighted by molar-refractivity contribution is -0.113. The standard InChI is InChI=1S/C31H30ClNO3/c1-35-29-17-8-21(19-30(29)36-2)18-25-20-28(24-9-13-26(32)14-10-24)33(31(25)34)27-15-11-23(12-16-27)22-6-4-3-5-7-22/h8-20,22H,3-7H2,1-2H3/b25-18+. The summed E-state index contributed by atoms with van der Waals surface area (Å²) in [7, 11) is 3.21. The zero-order valence-electron chi connectivity index (χ0n) is 20.7. The van der Waals surface area contributed by atoms with Crippen molar-refractivity contribution in [3.63, 3.8) is 0 Å². The first-order valence-electron chi connectivity index (χ1n) is 12.4. The summed E-state index contributed by atoms with van der Waals surface area (Å²) < 4.78 is 10.8. The number of benzene rings is 3. The molecule has 3 aromatic rings. The molecule has 5 rings (SSSR count). The summed E-state index contributed by atoms with van der Waals surface area (Å²) >= 11 is 6.15. The van der Waals surface area contributed by atoms with E-state index in [4.69, 9.17) is 21.1 Å². The first-order chi connectivity index (χ1) is 17.6. The third-order valence-corrected chi connectivity index (χ3v) is 7.33. The minimum atomic E-state index is -0.0693. The van der Waals surface area contributed by atoms with Crippen molar-refractivity contribution in [2.45, 2.75) is 38.0 Å². The fourth-order valence-electron chi connectivity index (χ4n) is 5.16. The monoisotopic (exact) mass is 499 g/mol. The van der Waals surface area contributed by atoms with Gasteiger partial charge in [-0.25, -0.2) is 0 Å². The van der Waals surface area contributed by atoms with Gasteiger partial charge in [-0.05, 0) is 84.0 Å². The van der Waals surface area contributed by atoms with E-state index in [9.17, 15) is 4.79 Å². The number of anilines is 1. The number of carbonyl (C=O) groups excluding carboxylic acids is 1. The second-order valence-electron chi connectivity index (χ2n) is 9.32. The van der Waals surface area contributed by atoms with Gasteiger partial charge in [-0.1, -0.05) is 61.2 Å². The normalized spacial score (nSPS) is 17.4. The Morgan fingerprint density at radius 1 is 0.861 bits per heavy atom. The lowest BCUT2D eigenvalue weighted by Gasteiger charge is -2.24. The summed E-state index contributed by atoms with van der Waals surface area (Å²) in [5.74, 6) is 1.82. The predicted molar refractivity (Wildman–Crippen MR) is 147 cm³/mol. The summed E-state index contributed by atoms with van der Waals surface area (Å²) in [6, 6.07) is 21.8. The highest BCUT2D eigenvalue weighted by Gasteiger charge is 2.30. The molecule has 2 aliphatic rings. The Morgan fingerprint density at radius 3 is 2.22 bits per heavy atom. The van der Waals surface area contributed by atoms with E-state index in [1.165, 1.54) is 37.7 Å². The van der Waals surface area contributed by atoms with E-state index < -0.39 is 0 Å². The van der Waals surface area contributed by atoms with Crippen molar-refractivity contribution < 1.29 is 14.3 Å². The van der Waals surface area contributed by atoms with Gasteiger partial charge in [0.1, 0.15) is 0 Å². The van der Waals surface area contributed by atoms with Gasteiger partial charge < -0.3 is 9.47 Å². The van der Waals surface area contributed by atoms with Gasteiger partial charge in [-0.15, -0.1) is 0 Å². The Labute approximate surface area is 217 Å². The number of hydrogen-bond donors (Lipinski definition) is 0. The smallest absolute Gasteiger partial charge is 0.262 e. The molecule has 4 nitrogen and oxygen atoms in total. The maximum absolute atomic E-state index is 13.7. The van der Waals surface area contributed by atoms with Crippen LogP contribution in [-0.4, -0.2) is 20.1 Å². The second-order valence-corrected chi connectivity index (χ2v) is 9.75. The van der Waals surface area contributed by atoms with Crippen LogP contribution in [0.25, 0.3) is 11.8 Å². The lowest BCUT2D eigenvalue weighted by atomic mass is 9.84. The largest absolute Gasteiger partial charge is 0.493 e. The van der Waals surface area contributed by atoms with Gasteiger partial charge in [0, 0.05) is 16.3 Å². The number of halogens is 1. The topological polar surface area (TPSA) is 38.8 Å². The van der Waals surface area contributed by atoms with E-state index in [0.717, 1.165) is 22.5 Å². The molecular weight excluding hydrogens is 470 g/mol. The van der Waals surface area contributed by atoms with E-state index in [0.29, 0.717) is 28.0 Å². The van der Waals surface area contributed by atoms with Crippen LogP contribution in [0.15, 0.2) is 78.4 Å². The van der Waals surface area contributed by atoms with Gasteiger partial charge in [-0.3, -0.25) is 9.69 Å². The van der Waals surface area contributed by atoms with Crippen LogP contribution in [-0.2, 0) is 4.79 Å². The third-order valence-electron chi connectivity index (χ3n) is 7.08. The molecule has 1 amide bonds. The van der Waals surface area contributed by atoms with Crippen LogP contribution in [0.1, 0.15) is 54.7 Å². The molecule has 0 spiro atoms. The van der Waals surface area contributed by atoms with Crippen molar-refractivity contribution in [1.82, 2.24) is 0 Å². The van der Waals surface area contributed by atoms with Crippen LogP contribution in [0.5, 0.6) is 11.5 Å². The molecule has 0 atom stereocenters. The number of hydrogen-bond acceptors (Lipinski definition) is 3. The van der Waals surface area contributed by atoms with Gasteiger partial charge in [0.05, 0.1) is 19.9 Å². The Balaban J connectivity index is 1.52. The molecular formula is C31H30ClNO3. The number of carbonyl (C=O) groups is 1. The highest BCUT2D eigenvalue weighted by atomic mass is 35.5. The van der Waals surface area contributed by atoms with E-state index in [-0.39, 0.29) is 5.91 Å². The van der Waals surface area contributed by atoms with Gasteiger partial charge in [0.25, 0.3) is 5.91 Å². The molecule has 1 aliphatic heterocycles. The minimum absolute atomic E-state index is 0.0693. The Hall–Kier alpha value is -3.50. The zero-order chi connectivity index (χ0) is 25.1. The Morgan fingerprint density at radius 2 is 1.56 bits per heavy atom. The van der Waals surface area contributed by atoms with Crippen LogP contribution < -0.4 is 14.4 Å². The van der Waals surface area contributed by atoms with E-state index in [1.807, 2.05) is 54.6 Å². The maximum atomic E-state index is 13.7. The Bertz CT molecular complexity index is 1300. The number of nitrogens with zero attached hydrogens (tertiary/aromatic N) is 1. The molecule has 5 heteroatoms. The highest BCUT2D eigenvalue weighted by molar-refractivity contribution is 6.30. The van der Waals surface area contributed by atoms with Crippen LogP contribution in [0.3, 0.4) is 0 Å². The van der Waals surface area contributed by atoms with Crippen molar-refractivity contribution in [2.24, 2.45) is 0 Å². The first-order valence-corrected chi connectivity index (χ1v) is 12.8. The zero-order valence-corrected chi connectivity index (χ0v) is 21.4. The minimum Gasteiger partial charge on any atom is -0.493 e. The molecule has 1 heterocycles. The average molecular weight is 500 g/mol. The number of methoxy groups -OCH3 is 2. The molecule has 0 aromatic heterocycles. The molecule has 0 radical (unpaired) electrons. The van der Waals surface area contributed by atoms with Crippen molar-refractivity contribution in [1.29, 1.82) is 0 Å².